The molecule has 5 heteroatoms. The Balaban J connectivity index is 0.000000593. The van der Waals surface area contributed by atoms with Crippen LogP contribution in [0.2, 0.25) is 0 Å². The van der Waals surface area contributed by atoms with E-state index in [2.05, 4.69) is 64.1 Å². The van der Waals surface area contributed by atoms with Crippen molar-refractivity contribution in [3.63, 3.8) is 0 Å². The van der Waals surface area contributed by atoms with E-state index in [1.165, 1.54) is 18.2 Å². The van der Waals surface area contributed by atoms with Gasteiger partial charge in [-0.15, -0.1) is 0 Å². The molecule has 0 amide bonds. The van der Waals surface area contributed by atoms with Crippen LogP contribution in [0.4, 0.5) is 5.69 Å². The predicted octanol–water partition coefficient (Wildman–Crippen LogP) is 4.48. The maximum Gasteiger partial charge on any atom is 0.292 e. The third-order valence-electron chi connectivity index (χ3n) is 3.28. The third-order valence-corrected chi connectivity index (χ3v) is 3.78. The topological polar surface area (TPSA) is 47.6 Å². The second-order valence-electron chi connectivity index (χ2n) is 4.88. The van der Waals surface area contributed by atoms with E-state index < -0.39 is 0 Å². The largest absolute Gasteiger partial charge is 0.489 e. The van der Waals surface area contributed by atoms with Crippen molar-refractivity contribution in [2.45, 2.75) is 20.5 Å². The quantitative estimate of drug-likeness (QED) is 0.778. The number of aryl methyl sites for hydroxylation is 2. The second kappa shape index (κ2) is 9.90. The number of ether oxygens (including phenoxy) is 2. The van der Waals surface area contributed by atoms with Gasteiger partial charge in [0.1, 0.15) is 12.4 Å². The number of anilines is 1. The number of methoxy groups -OCH3 is 1. The first kappa shape index (κ1) is 19.0. The van der Waals surface area contributed by atoms with Crippen LogP contribution in [0.25, 0.3) is 0 Å². The number of carbonyl (C=O) groups excluding carboxylic acids is 1. The third kappa shape index (κ3) is 5.94. The van der Waals surface area contributed by atoms with Gasteiger partial charge in [-0.25, -0.2) is 0 Å². The Labute approximate surface area is 145 Å². The van der Waals surface area contributed by atoms with Crippen molar-refractivity contribution in [2.24, 2.45) is 0 Å². The Morgan fingerprint density at radius 2 is 1.87 bits per heavy atom. The summed E-state index contributed by atoms with van der Waals surface area (Å²) in [6.07, 6.45) is 0. The van der Waals surface area contributed by atoms with Crippen LogP contribution in [-0.2, 0) is 16.1 Å². The van der Waals surface area contributed by atoms with Gasteiger partial charge in [0.05, 0.1) is 7.11 Å². The molecule has 124 valence electrons. The lowest BCUT2D eigenvalue weighted by molar-refractivity contribution is -0.126. The molecule has 0 aromatic heterocycles. The fraction of sp³-hybridized carbons (Fsp3) is 0.278. The molecule has 0 fully saturated rings. The van der Waals surface area contributed by atoms with Crippen LogP contribution in [0.3, 0.4) is 0 Å². The van der Waals surface area contributed by atoms with Gasteiger partial charge in [-0.05, 0) is 49.2 Å². The Morgan fingerprint density at radius 3 is 2.43 bits per heavy atom. The number of hydrogen-bond donors (Lipinski definition) is 1. The predicted molar refractivity (Wildman–Crippen MR) is 97.0 cm³/mol. The summed E-state index contributed by atoms with van der Waals surface area (Å²) in [4.78, 5) is 8.95. The van der Waals surface area contributed by atoms with Gasteiger partial charge in [-0.2, -0.15) is 0 Å². The van der Waals surface area contributed by atoms with Crippen molar-refractivity contribution in [3.05, 3.63) is 57.6 Å². The molecule has 0 aliphatic carbocycles. The molecule has 4 nitrogen and oxygen atoms in total. The summed E-state index contributed by atoms with van der Waals surface area (Å²) in [6.45, 7) is 5.11. The van der Waals surface area contributed by atoms with Gasteiger partial charge < -0.3 is 14.8 Å². The molecular formula is C18H22BrNO3. The van der Waals surface area contributed by atoms with Crippen LogP contribution < -0.4 is 10.1 Å². The summed E-state index contributed by atoms with van der Waals surface area (Å²) < 4.78 is 10.9. The fourth-order valence-corrected chi connectivity index (χ4v) is 2.53. The van der Waals surface area contributed by atoms with Gasteiger partial charge in [0.25, 0.3) is 6.47 Å². The first-order chi connectivity index (χ1) is 11.0. The number of halogens is 1. The van der Waals surface area contributed by atoms with Crippen LogP contribution in [0.15, 0.2) is 40.9 Å². The molecule has 0 bridgehead atoms. The molecule has 1 N–H and O–H groups in total. The molecule has 0 radical (unpaired) electrons. The minimum Gasteiger partial charge on any atom is -0.489 e. The average molecular weight is 380 g/mol. The van der Waals surface area contributed by atoms with Crippen LogP contribution in [-0.4, -0.2) is 20.6 Å². The number of benzene rings is 2. The summed E-state index contributed by atoms with van der Waals surface area (Å²) in [5.41, 5.74) is 4.69. The van der Waals surface area contributed by atoms with Crippen LogP contribution >= 0.6 is 15.9 Å². The molecule has 0 atom stereocenters. The normalized spacial score (nSPS) is 9.43. The van der Waals surface area contributed by atoms with E-state index in [0.29, 0.717) is 13.1 Å². The Morgan fingerprint density at radius 1 is 1.17 bits per heavy atom. The average Bonchev–Trinajstić information content (AvgIpc) is 2.55. The number of rotatable bonds is 5. The summed E-state index contributed by atoms with van der Waals surface area (Å²) in [7, 11) is 3.25. The van der Waals surface area contributed by atoms with E-state index in [9.17, 15) is 0 Å². The van der Waals surface area contributed by atoms with E-state index in [1.807, 2.05) is 19.2 Å². The zero-order chi connectivity index (χ0) is 17.2. The zero-order valence-electron chi connectivity index (χ0n) is 13.9. The molecule has 0 aliphatic heterocycles. The molecule has 2 rings (SSSR count). The Bertz CT molecular complexity index is 644. The summed E-state index contributed by atoms with van der Waals surface area (Å²) in [6, 6.07) is 12.3. The van der Waals surface area contributed by atoms with Crippen LogP contribution in [0.5, 0.6) is 5.75 Å². The van der Waals surface area contributed by atoms with Crippen molar-refractivity contribution < 1.29 is 14.3 Å². The lowest BCUT2D eigenvalue weighted by Crippen LogP contribution is -2.03. The van der Waals surface area contributed by atoms with Crippen molar-refractivity contribution in [3.8, 4) is 5.75 Å². The molecule has 0 unspecified atom stereocenters. The summed E-state index contributed by atoms with van der Waals surface area (Å²) in [5.74, 6) is 0.925. The van der Waals surface area contributed by atoms with E-state index >= 15 is 0 Å². The zero-order valence-corrected chi connectivity index (χ0v) is 15.4. The molecule has 2 aromatic rings. The van der Waals surface area contributed by atoms with Crippen molar-refractivity contribution in [2.75, 3.05) is 19.5 Å². The van der Waals surface area contributed by atoms with Gasteiger partial charge in [0, 0.05) is 22.8 Å². The number of carbonyl (C=O) groups is 1. The molecule has 0 saturated carbocycles. The lowest BCUT2D eigenvalue weighted by Gasteiger charge is -2.14. The van der Waals surface area contributed by atoms with Gasteiger partial charge in [0.2, 0.25) is 0 Å². The molecular weight excluding hydrogens is 358 g/mol. The highest BCUT2D eigenvalue weighted by Crippen LogP contribution is 2.25. The van der Waals surface area contributed by atoms with E-state index in [0.717, 1.165) is 21.5 Å². The highest BCUT2D eigenvalue weighted by molar-refractivity contribution is 9.10. The van der Waals surface area contributed by atoms with Gasteiger partial charge in [-0.1, -0.05) is 28.1 Å². The second-order valence-corrected chi connectivity index (χ2v) is 5.80. The molecule has 0 saturated heterocycles. The summed E-state index contributed by atoms with van der Waals surface area (Å²) >= 11 is 3.46. The van der Waals surface area contributed by atoms with E-state index in [1.54, 1.807) is 0 Å². The molecule has 0 heterocycles. The Hall–Kier alpha value is -2.01. The standard InChI is InChI=1S/C16H18BrNO.C2H4O2/c1-11-5-4-6-15(18-3)14(11)10-19-16-8-7-13(17)9-12(16)2;1-4-2-3/h4-9,18H,10H2,1-3H3;2H,1H3. The Kier molecular flexibility index (Phi) is 8.19. The molecule has 0 spiro atoms. The van der Waals surface area contributed by atoms with Crippen LogP contribution in [0.1, 0.15) is 16.7 Å². The van der Waals surface area contributed by atoms with Crippen molar-refractivity contribution >= 4 is 28.1 Å². The van der Waals surface area contributed by atoms with Crippen molar-refractivity contribution in [1.82, 2.24) is 0 Å². The highest BCUT2D eigenvalue weighted by Gasteiger charge is 2.06. The SMILES string of the molecule is CNc1cccc(C)c1COc1ccc(Br)cc1C.COC=O. The highest BCUT2D eigenvalue weighted by atomic mass is 79.9. The van der Waals surface area contributed by atoms with E-state index in [4.69, 9.17) is 9.53 Å². The van der Waals surface area contributed by atoms with Crippen LogP contribution in [0, 0.1) is 13.8 Å². The molecule has 23 heavy (non-hydrogen) atoms. The maximum atomic E-state index is 8.95. The fourth-order valence-electron chi connectivity index (χ4n) is 2.05. The minimum atomic E-state index is 0.375. The first-order valence-electron chi connectivity index (χ1n) is 7.15. The van der Waals surface area contributed by atoms with Crippen molar-refractivity contribution in [1.29, 1.82) is 0 Å². The monoisotopic (exact) mass is 379 g/mol. The van der Waals surface area contributed by atoms with Gasteiger partial charge >= 0.3 is 0 Å². The van der Waals surface area contributed by atoms with Gasteiger partial charge in [-0.3, -0.25) is 4.79 Å². The smallest absolute Gasteiger partial charge is 0.292 e. The van der Waals surface area contributed by atoms with Gasteiger partial charge in [0.15, 0.2) is 0 Å². The first-order valence-corrected chi connectivity index (χ1v) is 7.94. The molecule has 2 aromatic carbocycles. The number of nitrogens with one attached hydrogen (secondary N) is 1. The number of hydrogen-bond acceptors (Lipinski definition) is 4. The van der Waals surface area contributed by atoms with E-state index in [-0.39, 0.29) is 0 Å². The maximum absolute atomic E-state index is 8.95. The molecule has 0 aliphatic rings. The minimum absolute atomic E-state index is 0.375. The lowest BCUT2D eigenvalue weighted by atomic mass is 10.1. The summed E-state index contributed by atoms with van der Waals surface area (Å²) in [5, 5.41) is 3.21.